The first kappa shape index (κ1) is 17.7. The third-order valence-corrected chi connectivity index (χ3v) is 6.27. The number of rotatable bonds is 2. The number of amides is 1. The fourth-order valence-corrected chi connectivity index (χ4v) is 4.20. The van der Waals surface area contributed by atoms with Gasteiger partial charge >= 0.3 is 0 Å². The minimum Gasteiger partial charge on any atom is -0.492 e. The number of carbonyl (C=O) groups excluding carboxylic acids is 1. The molecule has 0 unspecified atom stereocenters. The molecule has 4 rings (SSSR count). The molecule has 6 heteroatoms. The number of carbonyl (C=O) groups is 1. The number of nitrogens with zero attached hydrogens (tertiary/aromatic N) is 1. The van der Waals surface area contributed by atoms with Gasteiger partial charge in [0, 0.05) is 36.2 Å². The third kappa shape index (κ3) is 2.96. The van der Waals surface area contributed by atoms with Gasteiger partial charge in [-0.3, -0.25) is 4.79 Å². The largest absolute Gasteiger partial charge is 0.492 e. The average molecular weight is 391 g/mol. The molecule has 1 saturated heterocycles. The standard InChI is InChI=1S/C20H20Cl2N2O2/c21-16-3-2-14(10-17(16)22)19(25)24-7-5-20(6-8-24)12-26-18-4-1-13(11-23)9-15(18)20/h1-4,9-10H,5-8,11-12,23H2. The lowest BCUT2D eigenvalue weighted by Crippen LogP contribution is -2.46. The van der Waals surface area contributed by atoms with Crippen LogP contribution in [0, 0.1) is 0 Å². The zero-order chi connectivity index (χ0) is 18.3. The number of hydrogen-bond donors (Lipinski definition) is 1. The minimum absolute atomic E-state index is 0.00624. The maximum Gasteiger partial charge on any atom is 0.253 e. The highest BCUT2D eigenvalue weighted by molar-refractivity contribution is 6.42. The number of nitrogens with two attached hydrogens (primary N) is 1. The van der Waals surface area contributed by atoms with Crippen LogP contribution >= 0.6 is 23.2 Å². The molecule has 26 heavy (non-hydrogen) atoms. The highest BCUT2D eigenvalue weighted by atomic mass is 35.5. The smallest absolute Gasteiger partial charge is 0.253 e. The second kappa shape index (κ2) is 6.76. The summed E-state index contributed by atoms with van der Waals surface area (Å²) in [5.74, 6) is 0.944. The Morgan fingerprint density at radius 2 is 1.88 bits per heavy atom. The van der Waals surface area contributed by atoms with Gasteiger partial charge in [-0.2, -0.15) is 0 Å². The van der Waals surface area contributed by atoms with Crippen molar-refractivity contribution in [2.75, 3.05) is 19.7 Å². The molecule has 2 aliphatic heterocycles. The molecule has 2 N–H and O–H groups in total. The van der Waals surface area contributed by atoms with Crippen LogP contribution in [0.15, 0.2) is 36.4 Å². The SMILES string of the molecule is NCc1ccc2c(c1)C1(CCN(C(=O)c3ccc(Cl)c(Cl)c3)CC1)CO2. The number of halogens is 2. The van der Waals surface area contributed by atoms with Crippen molar-refractivity contribution < 1.29 is 9.53 Å². The summed E-state index contributed by atoms with van der Waals surface area (Å²) in [6.07, 6.45) is 1.75. The number of hydrogen-bond acceptors (Lipinski definition) is 3. The Kier molecular flexibility index (Phi) is 4.59. The summed E-state index contributed by atoms with van der Waals surface area (Å²) in [6, 6.07) is 11.2. The lowest BCUT2D eigenvalue weighted by molar-refractivity contribution is 0.0646. The van der Waals surface area contributed by atoms with E-state index >= 15 is 0 Å². The van der Waals surface area contributed by atoms with Gasteiger partial charge in [-0.25, -0.2) is 0 Å². The number of benzene rings is 2. The zero-order valence-corrected chi connectivity index (χ0v) is 15.8. The van der Waals surface area contributed by atoms with Gasteiger partial charge in [0.1, 0.15) is 5.75 Å². The van der Waals surface area contributed by atoms with Gasteiger partial charge in [0.2, 0.25) is 0 Å². The molecule has 0 aliphatic carbocycles. The number of piperidine rings is 1. The van der Waals surface area contributed by atoms with Gasteiger partial charge in [-0.1, -0.05) is 35.3 Å². The Bertz CT molecular complexity index is 861. The van der Waals surface area contributed by atoms with Gasteiger partial charge in [-0.05, 0) is 42.7 Å². The van der Waals surface area contributed by atoms with Crippen molar-refractivity contribution in [3.8, 4) is 5.75 Å². The van der Waals surface area contributed by atoms with Crippen LogP contribution in [0.2, 0.25) is 10.0 Å². The zero-order valence-electron chi connectivity index (χ0n) is 14.3. The lowest BCUT2D eigenvalue weighted by atomic mass is 9.74. The van der Waals surface area contributed by atoms with E-state index < -0.39 is 0 Å². The van der Waals surface area contributed by atoms with Crippen molar-refractivity contribution in [1.29, 1.82) is 0 Å². The van der Waals surface area contributed by atoms with Gasteiger partial charge in [0.05, 0.1) is 16.7 Å². The van der Waals surface area contributed by atoms with Crippen LogP contribution < -0.4 is 10.5 Å². The molecule has 0 bridgehead atoms. The summed E-state index contributed by atoms with van der Waals surface area (Å²) in [6.45, 7) is 2.57. The Morgan fingerprint density at radius 3 is 2.58 bits per heavy atom. The summed E-state index contributed by atoms with van der Waals surface area (Å²) in [5.41, 5.74) is 8.70. The van der Waals surface area contributed by atoms with E-state index in [4.69, 9.17) is 33.7 Å². The molecule has 1 spiro atoms. The molecule has 0 radical (unpaired) electrons. The van der Waals surface area contributed by atoms with Crippen LogP contribution in [0.1, 0.15) is 34.3 Å². The van der Waals surface area contributed by atoms with Crippen molar-refractivity contribution in [3.63, 3.8) is 0 Å². The topological polar surface area (TPSA) is 55.6 Å². The lowest BCUT2D eigenvalue weighted by Gasteiger charge is -2.38. The van der Waals surface area contributed by atoms with Crippen LogP contribution in [0.25, 0.3) is 0 Å². The molecule has 0 atom stereocenters. The highest BCUT2D eigenvalue weighted by Gasteiger charge is 2.43. The van der Waals surface area contributed by atoms with Crippen LogP contribution in [0.3, 0.4) is 0 Å². The molecule has 2 aromatic rings. The fourth-order valence-electron chi connectivity index (χ4n) is 3.90. The highest BCUT2D eigenvalue weighted by Crippen LogP contribution is 2.46. The molecule has 2 aromatic carbocycles. The predicted octanol–water partition coefficient (Wildman–Crippen LogP) is 4.02. The van der Waals surface area contributed by atoms with E-state index in [0.717, 1.165) is 24.2 Å². The molecule has 2 aliphatic rings. The fraction of sp³-hybridized carbons (Fsp3) is 0.350. The molecule has 1 amide bonds. The molecular formula is C20H20Cl2N2O2. The van der Waals surface area contributed by atoms with Crippen molar-refractivity contribution >= 4 is 29.1 Å². The molecular weight excluding hydrogens is 371 g/mol. The first-order valence-electron chi connectivity index (χ1n) is 8.73. The maximum absolute atomic E-state index is 12.8. The van der Waals surface area contributed by atoms with E-state index in [1.807, 2.05) is 17.0 Å². The first-order chi connectivity index (χ1) is 12.5. The van der Waals surface area contributed by atoms with Crippen molar-refractivity contribution in [3.05, 3.63) is 63.1 Å². The van der Waals surface area contributed by atoms with E-state index in [9.17, 15) is 4.79 Å². The van der Waals surface area contributed by atoms with Gasteiger partial charge in [-0.15, -0.1) is 0 Å². The first-order valence-corrected chi connectivity index (χ1v) is 9.49. The second-order valence-corrected chi connectivity index (χ2v) is 7.84. The molecule has 136 valence electrons. The third-order valence-electron chi connectivity index (χ3n) is 5.53. The second-order valence-electron chi connectivity index (χ2n) is 7.02. The summed E-state index contributed by atoms with van der Waals surface area (Å²) >= 11 is 12.0. The van der Waals surface area contributed by atoms with Crippen LogP contribution in [0.5, 0.6) is 5.75 Å². The van der Waals surface area contributed by atoms with E-state index in [-0.39, 0.29) is 11.3 Å². The normalized spacial score (nSPS) is 17.9. The summed E-state index contributed by atoms with van der Waals surface area (Å²) in [7, 11) is 0. The van der Waals surface area contributed by atoms with Crippen LogP contribution in [-0.2, 0) is 12.0 Å². The van der Waals surface area contributed by atoms with Crippen molar-refractivity contribution in [1.82, 2.24) is 4.90 Å². The Labute approximate surface area is 162 Å². The molecule has 4 nitrogen and oxygen atoms in total. The Hall–Kier alpha value is -1.75. The van der Waals surface area contributed by atoms with E-state index in [2.05, 4.69) is 6.07 Å². The molecule has 2 heterocycles. The summed E-state index contributed by atoms with van der Waals surface area (Å²) in [5, 5.41) is 0.856. The number of likely N-dealkylation sites (tertiary alicyclic amines) is 1. The summed E-state index contributed by atoms with van der Waals surface area (Å²) < 4.78 is 5.92. The summed E-state index contributed by atoms with van der Waals surface area (Å²) in [4.78, 5) is 14.7. The van der Waals surface area contributed by atoms with Gasteiger partial charge in [0.15, 0.2) is 0 Å². The average Bonchev–Trinajstić information content (AvgIpc) is 3.01. The molecule has 0 saturated carbocycles. The molecule has 1 fully saturated rings. The Balaban J connectivity index is 1.52. The van der Waals surface area contributed by atoms with Crippen molar-refractivity contribution in [2.45, 2.75) is 24.8 Å². The quantitative estimate of drug-likeness (QED) is 0.842. The van der Waals surface area contributed by atoms with E-state index in [1.54, 1.807) is 18.2 Å². The Morgan fingerprint density at radius 1 is 1.12 bits per heavy atom. The number of fused-ring (bicyclic) bond motifs is 2. The van der Waals surface area contributed by atoms with Crippen LogP contribution in [0.4, 0.5) is 0 Å². The monoisotopic (exact) mass is 390 g/mol. The maximum atomic E-state index is 12.8. The van der Waals surface area contributed by atoms with Gasteiger partial charge in [0.25, 0.3) is 5.91 Å². The number of ether oxygens (including phenoxy) is 1. The van der Waals surface area contributed by atoms with Gasteiger partial charge < -0.3 is 15.4 Å². The minimum atomic E-state index is -0.0189. The predicted molar refractivity (Wildman–Crippen MR) is 103 cm³/mol. The van der Waals surface area contributed by atoms with E-state index in [0.29, 0.717) is 41.8 Å². The van der Waals surface area contributed by atoms with E-state index in [1.165, 1.54) is 5.56 Å². The van der Waals surface area contributed by atoms with Crippen LogP contribution in [-0.4, -0.2) is 30.5 Å². The van der Waals surface area contributed by atoms with Crippen molar-refractivity contribution in [2.24, 2.45) is 5.73 Å². The molecule has 0 aromatic heterocycles.